The zero-order valence-corrected chi connectivity index (χ0v) is 18.9. The van der Waals surface area contributed by atoms with Crippen LogP contribution < -0.4 is 0 Å². The predicted octanol–water partition coefficient (Wildman–Crippen LogP) is 3.71. The maximum absolute atomic E-state index is 12.7. The van der Waals surface area contributed by atoms with Crippen molar-refractivity contribution in [1.29, 1.82) is 0 Å². The maximum atomic E-state index is 12.7. The Balaban J connectivity index is 1.53. The molecule has 2 saturated heterocycles. The normalized spacial score (nSPS) is 18.9. The first-order chi connectivity index (χ1) is 14.4. The molecule has 0 spiro atoms. The highest BCUT2D eigenvalue weighted by Gasteiger charge is 2.32. The lowest BCUT2D eigenvalue weighted by atomic mass is 9.99. The minimum atomic E-state index is -0.401. The molecule has 0 aromatic heterocycles. The molecule has 160 valence electrons. The van der Waals surface area contributed by atoms with Gasteiger partial charge in [-0.25, -0.2) is 4.79 Å². The van der Waals surface area contributed by atoms with Crippen molar-refractivity contribution in [2.75, 3.05) is 26.7 Å². The van der Waals surface area contributed by atoms with Gasteiger partial charge in [-0.3, -0.25) is 14.5 Å². The van der Waals surface area contributed by atoms with Crippen LogP contribution in [0.2, 0.25) is 0 Å². The molecule has 6 nitrogen and oxygen atoms in total. The molecule has 2 aliphatic rings. The third kappa shape index (κ3) is 5.49. The van der Waals surface area contributed by atoms with E-state index in [1.54, 1.807) is 35.2 Å². The fourth-order valence-electron chi connectivity index (χ4n) is 3.48. The fraction of sp³-hybridized carbons (Fsp3) is 0.455. The summed E-state index contributed by atoms with van der Waals surface area (Å²) in [5, 5.41) is 0. The lowest BCUT2D eigenvalue weighted by Crippen LogP contribution is -2.38. The number of piperidine rings is 1. The third-order valence-corrected chi connectivity index (χ3v) is 6.79. The Kier molecular flexibility index (Phi) is 7.66. The van der Waals surface area contributed by atoms with Crippen LogP contribution >= 0.6 is 24.0 Å². The monoisotopic (exact) mass is 446 g/mol. The van der Waals surface area contributed by atoms with E-state index in [-0.39, 0.29) is 11.8 Å². The number of hydrogen-bond acceptors (Lipinski definition) is 6. The zero-order chi connectivity index (χ0) is 21.7. The topological polar surface area (TPSA) is 66.9 Å². The number of thiocarbonyl (C=S) groups is 1. The van der Waals surface area contributed by atoms with Crippen molar-refractivity contribution in [2.24, 2.45) is 5.92 Å². The lowest BCUT2D eigenvalue weighted by Gasteiger charge is -2.30. The molecule has 0 atom stereocenters. The Bertz CT molecular complexity index is 858. The first-order valence-corrected chi connectivity index (χ1v) is 11.3. The Morgan fingerprint density at radius 3 is 2.53 bits per heavy atom. The van der Waals surface area contributed by atoms with Crippen molar-refractivity contribution < 1.29 is 19.1 Å². The van der Waals surface area contributed by atoms with Crippen LogP contribution in [0, 0.1) is 5.92 Å². The fourth-order valence-corrected chi connectivity index (χ4v) is 4.79. The first-order valence-electron chi connectivity index (χ1n) is 10.1. The highest BCUT2D eigenvalue weighted by atomic mass is 32.2. The average molecular weight is 447 g/mol. The second kappa shape index (κ2) is 10.2. The number of carbonyl (C=O) groups excluding carboxylic acids is 3. The molecule has 1 aromatic rings. The summed E-state index contributed by atoms with van der Waals surface area (Å²) in [4.78, 5) is 40.7. The van der Waals surface area contributed by atoms with E-state index in [0.29, 0.717) is 40.1 Å². The van der Waals surface area contributed by atoms with E-state index in [1.807, 2.05) is 4.90 Å². The molecular weight excluding hydrogens is 420 g/mol. The molecule has 2 fully saturated rings. The number of methoxy groups -OCH3 is 1. The summed E-state index contributed by atoms with van der Waals surface area (Å²) in [6, 6.07) is 6.84. The van der Waals surface area contributed by atoms with E-state index >= 15 is 0 Å². The number of amides is 2. The summed E-state index contributed by atoms with van der Waals surface area (Å²) < 4.78 is 5.20. The van der Waals surface area contributed by atoms with Crippen molar-refractivity contribution in [3.05, 3.63) is 40.3 Å². The summed E-state index contributed by atoms with van der Waals surface area (Å²) in [6.45, 7) is 4.33. The third-order valence-electron chi connectivity index (χ3n) is 5.41. The molecule has 30 heavy (non-hydrogen) atoms. The van der Waals surface area contributed by atoms with Crippen molar-refractivity contribution in [2.45, 2.75) is 32.6 Å². The summed E-state index contributed by atoms with van der Waals surface area (Å²) in [5.74, 6) is 0.309. The number of benzene rings is 1. The highest BCUT2D eigenvalue weighted by Crippen LogP contribution is 2.32. The van der Waals surface area contributed by atoms with Gasteiger partial charge in [0, 0.05) is 26.1 Å². The molecular formula is C22H26N2O4S2. The second-order valence-corrected chi connectivity index (χ2v) is 9.29. The quantitative estimate of drug-likeness (QED) is 0.377. The minimum Gasteiger partial charge on any atom is -0.465 e. The molecule has 0 N–H and O–H groups in total. The Hall–Kier alpha value is -2.19. The van der Waals surface area contributed by atoms with Crippen LogP contribution in [0.25, 0.3) is 6.08 Å². The van der Waals surface area contributed by atoms with E-state index < -0.39 is 5.97 Å². The van der Waals surface area contributed by atoms with Crippen molar-refractivity contribution in [3.8, 4) is 0 Å². The minimum absolute atomic E-state index is 0.138. The first kappa shape index (κ1) is 22.5. The van der Waals surface area contributed by atoms with Gasteiger partial charge >= 0.3 is 5.97 Å². The van der Waals surface area contributed by atoms with E-state index in [9.17, 15) is 14.4 Å². The molecule has 0 saturated carbocycles. The predicted molar refractivity (Wildman–Crippen MR) is 122 cm³/mol. The molecule has 0 radical (unpaired) electrons. The van der Waals surface area contributed by atoms with E-state index in [2.05, 4.69) is 11.7 Å². The van der Waals surface area contributed by atoms with Gasteiger partial charge in [-0.1, -0.05) is 43.0 Å². The summed E-state index contributed by atoms with van der Waals surface area (Å²) >= 11 is 6.63. The van der Waals surface area contributed by atoms with Crippen LogP contribution in [0.15, 0.2) is 29.2 Å². The van der Waals surface area contributed by atoms with Gasteiger partial charge in [-0.15, -0.1) is 0 Å². The maximum Gasteiger partial charge on any atom is 0.337 e. The molecule has 0 bridgehead atoms. The SMILES string of the molecule is COC(=O)c1ccc(/C=C2\SC(=S)N(CCCC(=O)N3CCC(C)CC3)C2=O)cc1. The van der Waals surface area contributed by atoms with Crippen LogP contribution in [0.4, 0.5) is 0 Å². The van der Waals surface area contributed by atoms with Crippen LogP contribution in [-0.2, 0) is 14.3 Å². The van der Waals surface area contributed by atoms with E-state index in [0.717, 1.165) is 31.5 Å². The van der Waals surface area contributed by atoms with Crippen molar-refractivity contribution in [3.63, 3.8) is 0 Å². The van der Waals surface area contributed by atoms with E-state index in [1.165, 1.54) is 18.9 Å². The van der Waals surface area contributed by atoms with Gasteiger partial charge in [0.05, 0.1) is 17.6 Å². The van der Waals surface area contributed by atoms with Crippen LogP contribution in [0.3, 0.4) is 0 Å². The molecule has 0 unspecified atom stereocenters. The van der Waals surface area contributed by atoms with Crippen molar-refractivity contribution >= 4 is 52.2 Å². The Morgan fingerprint density at radius 2 is 1.90 bits per heavy atom. The smallest absolute Gasteiger partial charge is 0.337 e. The van der Waals surface area contributed by atoms with Gasteiger partial charge in [0.1, 0.15) is 4.32 Å². The highest BCUT2D eigenvalue weighted by molar-refractivity contribution is 8.26. The van der Waals surface area contributed by atoms with E-state index in [4.69, 9.17) is 12.2 Å². The molecule has 0 aliphatic carbocycles. The van der Waals surface area contributed by atoms with Crippen LogP contribution in [-0.4, -0.2) is 58.6 Å². The molecule has 2 heterocycles. The number of thioether (sulfide) groups is 1. The van der Waals surface area contributed by atoms with Crippen LogP contribution in [0.1, 0.15) is 48.5 Å². The molecule has 2 amide bonds. The van der Waals surface area contributed by atoms with Gasteiger partial charge < -0.3 is 9.64 Å². The summed E-state index contributed by atoms with van der Waals surface area (Å²) in [5.41, 5.74) is 1.26. The largest absolute Gasteiger partial charge is 0.465 e. The average Bonchev–Trinajstić information content (AvgIpc) is 3.01. The van der Waals surface area contributed by atoms with Gasteiger partial charge in [-0.05, 0) is 49.0 Å². The number of ether oxygens (including phenoxy) is 1. The van der Waals surface area contributed by atoms with Crippen molar-refractivity contribution in [1.82, 2.24) is 9.80 Å². The number of carbonyl (C=O) groups is 3. The molecule has 1 aromatic carbocycles. The van der Waals surface area contributed by atoms with Gasteiger partial charge in [0.15, 0.2) is 0 Å². The number of nitrogens with zero attached hydrogens (tertiary/aromatic N) is 2. The Morgan fingerprint density at radius 1 is 1.23 bits per heavy atom. The van der Waals surface area contributed by atoms with Gasteiger partial charge in [0.25, 0.3) is 5.91 Å². The Labute approximate surface area is 186 Å². The molecule has 8 heteroatoms. The number of esters is 1. The second-order valence-electron chi connectivity index (χ2n) is 7.61. The molecule has 2 aliphatic heterocycles. The van der Waals surface area contributed by atoms with Gasteiger partial charge in [0.2, 0.25) is 5.91 Å². The molecule has 3 rings (SSSR count). The number of rotatable bonds is 6. The number of hydrogen-bond donors (Lipinski definition) is 0. The van der Waals surface area contributed by atoms with Gasteiger partial charge in [-0.2, -0.15) is 0 Å². The van der Waals surface area contributed by atoms with Crippen LogP contribution in [0.5, 0.6) is 0 Å². The standard InChI is InChI=1S/C22H26N2O4S2/c1-15-9-12-23(13-10-15)19(25)4-3-11-24-20(26)18(30-22(24)29)14-16-5-7-17(8-6-16)21(27)28-2/h5-8,14-15H,3-4,9-13H2,1-2H3/b18-14-. The lowest BCUT2D eigenvalue weighted by molar-refractivity contribution is -0.133. The zero-order valence-electron chi connectivity index (χ0n) is 17.3. The number of likely N-dealkylation sites (tertiary alicyclic amines) is 1. The summed E-state index contributed by atoms with van der Waals surface area (Å²) in [6.07, 6.45) is 4.91. The summed E-state index contributed by atoms with van der Waals surface area (Å²) in [7, 11) is 1.34.